The zero-order valence-corrected chi connectivity index (χ0v) is 6.70. The molecule has 1 unspecified atom stereocenters. The molecule has 4 nitrogen and oxygen atoms in total. The lowest BCUT2D eigenvalue weighted by Crippen LogP contribution is -2.32. The van der Waals surface area contributed by atoms with Gasteiger partial charge < -0.3 is 19.0 Å². The van der Waals surface area contributed by atoms with Crippen LogP contribution in [-0.2, 0) is 19.0 Å². The molecule has 1 saturated heterocycles. The van der Waals surface area contributed by atoms with Crippen molar-refractivity contribution in [2.24, 2.45) is 5.92 Å². The Kier molecular flexibility index (Phi) is 2.59. The molecule has 4 heteroatoms. The highest BCUT2D eigenvalue weighted by Crippen LogP contribution is 2.29. The zero-order valence-electron chi connectivity index (χ0n) is 6.70. The Morgan fingerprint density at radius 1 is 1.55 bits per heavy atom. The van der Waals surface area contributed by atoms with Crippen LogP contribution in [0.5, 0.6) is 0 Å². The minimum absolute atomic E-state index is 0.102. The largest absolute Gasteiger partial charge is 0.331 e. The second-order valence-electron chi connectivity index (χ2n) is 2.50. The van der Waals surface area contributed by atoms with Crippen molar-refractivity contribution in [3.63, 3.8) is 0 Å². The summed E-state index contributed by atoms with van der Waals surface area (Å²) in [5, 5.41) is 0. The molecule has 0 aromatic heterocycles. The van der Waals surface area contributed by atoms with E-state index in [0.717, 1.165) is 6.29 Å². The monoisotopic (exact) mass is 160 g/mol. The van der Waals surface area contributed by atoms with Crippen LogP contribution < -0.4 is 0 Å². The van der Waals surface area contributed by atoms with Gasteiger partial charge in [-0.25, -0.2) is 0 Å². The summed E-state index contributed by atoms with van der Waals surface area (Å²) in [5.74, 6) is -1.08. The Morgan fingerprint density at radius 2 is 2.18 bits per heavy atom. The number of carbonyl (C=O) groups excluding carboxylic acids is 1. The number of methoxy groups -OCH3 is 2. The number of ether oxygens (including phenoxy) is 3. The average Bonchev–Trinajstić information content (AvgIpc) is 2.49. The normalized spacial score (nSPS) is 28.7. The molecule has 1 aliphatic rings. The second-order valence-corrected chi connectivity index (χ2v) is 2.50. The zero-order chi connectivity index (χ0) is 8.32. The van der Waals surface area contributed by atoms with E-state index >= 15 is 0 Å². The Bertz CT molecular complexity index is 141. The Balaban J connectivity index is 2.54. The van der Waals surface area contributed by atoms with Crippen LogP contribution in [0.3, 0.4) is 0 Å². The van der Waals surface area contributed by atoms with Gasteiger partial charge in [0.25, 0.3) is 5.97 Å². The second kappa shape index (κ2) is 3.30. The SMILES string of the molecule is COC1(OC)CC(C=O)CO1. The van der Waals surface area contributed by atoms with E-state index in [0.29, 0.717) is 13.0 Å². The predicted octanol–water partition coefficient (Wildman–Crippen LogP) is 0.168. The molecule has 0 spiro atoms. The molecule has 1 aliphatic heterocycles. The third-order valence-electron chi connectivity index (χ3n) is 1.84. The van der Waals surface area contributed by atoms with Gasteiger partial charge in [-0.15, -0.1) is 0 Å². The molecule has 0 aromatic rings. The lowest BCUT2D eigenvalue weighted by atomic mass is 10.1. The van der Waals surface area contributed by atoms with Crippen LogP contribution in [0.1, 0.15) is 6.42 Å². The summed E-state index contributed by atoms with van der Waals surface area (Å²) in [6.07, 6.45) is 1.34. The standard InChI is InChI=1S/C7H12O4/c1-9-7(10-2)3-6(4-8)5-11-7/h4,6H,3,5H2,1-2H3. The smallest absolute Gasteiger partial charge is 0.283 e. The van der Waals surface area contributed by atoms with Crippen molar-refractivity contribution >= 4 is 6.29 Å². The molecule has 0 saturated carbocycles. The summed E-state index contributed by atoms with van der Waals surface area (Å²) in [7, 11) is 2.99. The van der Waals surface area contributed by atoms with Crippen LogP contribution in [0.4, 0.5) is 0 Å². The first-order valence-corrected chi connectivity index (χ1v) is 3.46. The van der Waals surface area contributed by atoms with Crippen molar-refractivity contribution < 1.29 is 19.0 Å². The summed E-state index contributed by atoms with van der Waals surface area (Å²) in [6.45, 7) is 0.380. The third kappa shape index (κ3) is 1.58. The molecule has 64 valence electrons. The molecule has 1 rings (SSSR count). The molecule has 0 N–H and O–H groups in total. The number of hydrogen-bond acceptors (Lipinski definition) is 4. The number of aldehydes is 1. The van der Waals surface area contributed by atoms with Crippen LogP contribution >= 0.6 is 0 Å². The molecular formula is C7H12O4. The first-order chi connectivity index (χ1) is 5.26. The third-order valence-corrected chi connectivity index (χ3v) is 1.84. The van der Waals surface area contributed by atoms with Crippen molar-refractivity contribution in [2.75, 3.05) is 20.8 Å². The first-order valence-electron chi connectivity index (χ1n) is 3.46. The highest BCUT2D eigenvalue weighted by molar-refractivity contribution is 5.54. The maximum absolute atomic E-state index is 10.3. The van der Waals surface area contributed by atoms with Crippen molar-refractivity contribution in [1.29, 1.82) is 0 Å². The molecule has 1 heterocycles. The lowest BCUT2D eigenvalue weighted by molar-refractivity contribution is -0.340. The summed E-state index contributed by atoms with van der Waals surface area (Å²) in [4.78, 5) is 10.3. The maximum atomic E-state index is 10.3. The van der Waals surface area contributed by atoms with Gasteiger partial charge in [-0.3, -0.25) is 0 Å². The van der Waals surface area contributed by atoms with Gasteiger partial charge in [0.2, 0.25) is 0 Å². The van der Waals surface area contributed by atoms with Gasteiger partial charge >= 0.3 is 0 Å². The van der Waals surface area contributed by atoms with E-state index in [1.807, 2.05) is 0 Å². The fraction of sp³-hybridized carbons (Fsp3) is 0.857. The highest BCUT2D eigenvalue weighted by atomic mass is 16.9. The van der Waals surface area contributed by atoms with E-state index < -0.39 is 5.97 Å². The molecule has 0 radical (unpaired) electrons. The highest BCUT2D eigenvalue weighted by Gasteiger charge is 2.41. The molecule has 1 atom stereocenters. The van der Waals surface area contributed by atoms with Gasteiger partial charge in [-0.1, -0.05) is 0 Å². The topological polar surface area (TPSA) is 44.8 Å². The molecule has 11 heavy (non-hydrogen) atoms. The molecule has 0 aliphatic carbocycles. The Morgan fingerprint density at radius 3 is 2.45 bits per heavy atom. The van der Waals surface area contributed by atoms with Gasteiger partial charge in [0.05, 0.1) is 6.61 Å². The van der Waals surface area contributed by atoms with Crippen molar-refractivity contribution in [1.82, 2.24) is 0 Å². The van der Waals surface area contributed by atoms with Gasteiger partial charge in [0, 0.05) is 26.6 Å². The van der Waals surface area contributed by atoms with Crippen LogP contribution in [0.25, 0.3) is 0 Å². The molecule has 1 fully saturated rings. The summed E-state index contributed by atoms with van der Waals surface area (Å²) in [5.41, 5.74) is 0. The fourth-order valence-corrected chi connectivity index (χ4v) is 1.13. The summed E-state index contributed by atoms with van der Waals surface area (Å²) < 4.78 is 15.1. The molecule has 0 amide bonds. The van der Waals surface area contributed by atoms with Crippen LogP contribution in [0, 0.1) is 5.92 Å². The van der Waals surface area contributed by atoms with Crippen LogP contribution in [0.15, 0.2) is 0 Å². The van der Waals surface area contributed by atoms with E-state index in [-0.39, 0.29) is 5.92 Å². The van der Waals surface area contributed by atoms with E-state index in [4.69, 9.17) is 14.2 Å². The Labute approximate surface area is 65.4 Å². The predicted molar refractivity (Wildman–Crippen MR) is 36.9 cm³/mol. The molecular weight excluding hydrogens is 148 g/mol. The van der Waals surface area contributed by atoms with E-state index in [2.05, 4.69) is 0 Å². The molecule has 0 bridgehead atoms. The minimum atomic E-state index is -0.981. The van der Waals surface area contributed by atoms with Crippen LogP contribution in [0.2, 0.25) is 0 Å². The quantitative estimate of drug-likeness (QED) is 0.436. The van der Waals surface area contributed by atoms with Gasteiger partial charge in [0.1, 0.15) is 6.29 Å². The van der Waals surface area contributed by atoms with Crippen LogP contribution in [-0.4, -0.2) is 33.1 Å². The number of carbonyl (C=O) groups is 1. The Hall–Kier alpha value is -0.450. The van der Waals surface area contributed by atoms with Gasteiger partial charge in [0.15, 0.2) is 0 Å². The van der Waals surface area contributed by atoms with Crippen molar-refractivity contribution in [2.45, 2.75) is 12.4 Å². The maximum Gasteiger partial charge on any atom is 0.283 e. The van der Waals surface area contributed by atoms with Gasteiger partial charge in [-0.05, 0) is 0 Å². The van der Waals surface area contributed by atoms with E-state index in [9.17, 15) is 4.79 Å². The van der Waals surface area contributed by atoms with E-state index in [1.165, 1.54) is 14.2 Å². The average molecular weight is 160 g/mol. The lowest BCUT2D eigenvalue weighted by Gasteiger charge is -2.23. The van der Waals surface area contributed by atoms with Crippen molar-refractivity contribution in [3.8, 4) is 0 Å². The minimum Gasteiger partial charge on any atom is -0.331 e. The number of rotatable bonds is 3. The summed E-state index contributed by atoms with van der Waals surface area (Å²) >= 11 is 0. The molecule has 0 aromatic carbocycles. The first kappa shape index (κ1) is 8.64. The number of hydrogen-bond donors (Lipinski definition) is 0. The van der Waals surface area contributed by atoms with Gasteiger partial charge in [-0.2, -0.15) is 0 Å². The van der Waals surface area contributed by atoms with Crippen molar-refractivity contribution in [3.05, 3.63) is 0 Å². The fourth-order valence-electron chi connectivity index (χ4n) is 1.13. The summed E-state index contributed by atoms with van der Waals surface area (Å²) in [6, 6.07) is 0. The van der Waals surface area contributed by atoms with E-state index in [1.54, 1.807) is 0 Å².